The number of carbonyl (C=O) groups excluding carboxylic acids is 1. The van der Waals surface area contributed by atoms with Gasteiger partial charge in [0, 0.05) is 38.8 Å². The van der Waals surface area contributed by atoms with Crippen molar-refractivity contribution in [1.29, 1.82) is 5.26 Å². The fourth-order valence-electron chi connectivity index (χ4n) is 3.88. The molecule has 2 heterocycles. The molecule has 1 aromatic rings. The molecule has 3 rings (SSSR count). The van der Waals surface area contributed by atoms with Crippen molar-refractivity contribution in [2.75, 3.05) is 32.8 Å². The maximum Gasteiger partial charge on any atom is 0.410 e. The van der Waals surface area contributed by atoms with Crippen LogP contribution in [-0.2, 0) is 9.47 Å². The number of benzene rings is 1. The van der Waals surface area contributed by atoms with Crippen LogP contribution in [0.1, 0.15) is 50.0 Å². The van der Waals surface area contributed by atoms with E-state index in [1.807, 2.05) is 26.8 Å². The topological polar surface area (TPSA) is 65.8 Å². The Labute approximate surface area is 165 Å². The van der Waals surface area contributed by atoms with Crippen molar-refractivity contribution in [2.45, 2.75) is 51.9 Å². The van der Waals surface area contributed by atoms with Crippen LogP contribution in [-0.4, -0.2) is 60.3 Å². The minimum absolute atomic E-state index is 0.0802. The predicted octanol–water partition coefficient (Wildman–Crippen LogP) is 3.39. The third-order valence-electron chi connectivity index (χ3n) is 5.34. The Bertz CT molecular complexity index is 784. The maximum atomic E-state index is 13.9. The van der Waals surface area contributed by atoms with Crippen LogP contribution in [0.3, 0.4) is 0 Å². The van der Waals surface area contributed by atoms with Crippen molar-refractivity contribution in [3.63, 3.8) is 0 Å². The van der Waals surface area contributed by atoms with Gasteiger partial charge in [-0.2, -0.15) is 5.26 Å². The Morgan fingerprint density at radius 3 is 2.75 bits per heavy atom. The zero-order valence-corrected chi connectivity index (χ0v) is 17.0. The SMILES string of the molecule is Cc1c([C@@H]2CN3CCN(C(=O)OC(C)(C)C)C[C@H]3CCO2)ccc(F)c1C#N. The monoisotopic (exact) mass is 389 g/mol. The standard InChI is InChI=1S/C21H28FN3O3/c1-14-16(5-6-18(22)17(14)11-23)19-13-24-8-9-25(12-15(24)7-10-27-19)20(26)28-21(2,3)4/h5-6,15,19H,7-10,12-13H2,1-4H3/t15-,19+/m1/s1. The van der Waals surface area contributed by atoms with E-state index < -0.39 is 11.4 Å². The van der Waals surface area contributed by atoms with Crippen LogP contribution in [0.25, 0.3) is 0 Å². The summed E-state index contributed by atoms with van der Waals surface area (Å²) in [5.74, 6) is -0.499. The maximum absolute atomic E-state index is 13.9. The molecule has 0 aliphatic carbocycles. The molecule has 28 heavy (non-hydrogen) atoms. The van der Waals surface area contributed by atoms with E-state index in [1.54, 1.807) is 17.9 Å². The summed E-state index contributed by atoms with van der Waals surface area (Å²) in [6.45, 7) is 10.5. The Balaban J connectivity index is 1.71. The first kappa shape index (κ1) is 20.6. The molecule has 7 heteroatoms. The Kier molecular flexibility index (Phi) is 5.92. The Hall–Kier alpha value is -2.17. The van der Waals surface area contributed by atoms with Gasteiger partial charge < -0.3 is 14.4 Å². The first-order valence-electron chi connectivity index (χ1n) is 9.72. The summed E-state index contributed by atoms with van der Waals surface area (Å²) in [4.78, 5) is 16.5. The first-order valence-corrected chi connectivity index (χ1v) is 9.72. The van der Waals surface area contributed by atoms with Gasteiger partial charge >= 0.3 is 6.09 Å². The van der Waals surface area contributed by atoms with Crippen LogP contribution >= 0.6 is 0 Å². The minimum atomic E-state index is -0.509. The number of rotatable bonds is 1. The highest BCUT2D eigenvalue weighted by atomic mass is 19.1. The average Bonchev–Trinajstić information content (AvgIpc) is 2.82. The van der Waals surface area contributed by atoms with E-state index in [-0.39, 0.29) is 23.8 Å². The van der Waals surface area contributed by atoms with E-state index >= 15 is 0 Å². The molecule has 0 unspecified atom stereocenters. The zero-order valence-electron chi connectivity index (χ0n) is 17.0. The van der Waals surface area contributed by atoms with E-state index in [2.05, 4.69) is 4.90 Å². The molecule has 1 amide bonds. The van der Waals surface area contributed by atoms with Crippen molar-refractivity contribution in [3.05, 3.63) is 34.6 Å². The molecule has 1 aromatic carbocycles. The van der Waals surface area contributed by atoms with Gasteiger partial charge in [-0.05, 0) is 51.3 Å². The summed E-state index contributed by atoms with van der Waals surface area (Å²) < 4.78 is 25.4. The molecule has 2 aliphatic heterocycles. The number of hydrogen-bond donors (Lipinski definition) is 0. The van der Waals surface area contributed by atoms with E-state index in [0.29, 0.717) is 31.8 Å². The summed E-state index contributed by atoms with van der Waals surface area (Å²) in [6, 6.07) is 5.20. The molecule has 0 saturated carbocycles. The second-order valence-electron chi connectivity index (χ2n) is 8.47. The van der Waals surface area contributed by atoms with Crippen molar-refractivity contribution in [1.82, 2.24) is 9.80 Å². The van der Waals surface area contributed by atoms with E-state index in [0.717, 1.165) is 18.5 Å². The number of carbonyl (C=O) groups is 1. The van der Waals surface area contributed by atoms with Crippen LogP contribution in [0.15, 0.2) is 12.1 Å². The van der Waals surface area contributed by atoms with Gasteiger partial charge in [0.1, 0.15) is 17.5 Å². The van der Waals surface area contributed by atoms with E-state index in [1.165, 1.54) is 6.07 Å². The molecule has 0 bridgehead atoms. The first-order chi connectivity index (χ1) is 13.2. The fraction of sp³-hybridized carbons (Fsp3) is 0.619. The fourth-order valence-corrected chi connectivity index (χ4v) is 3.88. The summed E-state index contributed by atoms with van der Waals surface area (Å²) in [5.41, 5.74) is 1.06. The lowest BCUT2D eigenvalue weighted by molar-refractivity contribution is 0.00193. The molecule has 152 valence electrons. The van der Waals surface area contributed by atoms with Gasteiger partial charge in [0.15, 0.2) is 0 Å². The smallest absolute Gasteiger partial charge is 0.410 e. The Morgan fingerprint density at radius 1 is 1.32 bits per heavy atom. The zero-order chi connectivity index (χ0) is 20.5. The van der Waals surface area contributed by atoms with Gasteiger partial charge in [-0.15, -0.1) is 0 Å². The number of halogens is 1. The third kappa shape index (κ3) is 4.45. The molecule has 0 radical (unpaired) electrons. The number of nitrogens with zero attached hydrogens (tertiary/aromatic N) is 3. The second-order valence-corrected chi connectivity index (χ2v) is 8.47. The second kappa shape index (κ2) is 8.06. The summed E-state index contributed by atoms with van der Waals surface area (Å²) in [5, 5.41) is 9.24. The highest BCUT2D eigenvalue weighted by Crippen LogP contribution is 2.30. The summed E-state index contributed by atoms with van der Waals surface area (Å²) in [6.07, 6.45) is 0.314. The van der Waals surface area contributed by atoms with Crippen LogP contribution in [0.2, 0.25) is 0 Å². The number of amides is 1. The summed E-state index contributed by atoms with van der Waals surface area (Å²) >= 11 is 0. The normalized spacial score (nSPS) is 23.5. The average molecular weight is 389 g/mol. The van der Waals surface area contributed by atoms with Gasteiger partial charge in [0.25, 0.3) is 0 Å². The molecule has 6 nitrogen and oxygen atoms in total. The lowest BCUT2D eigenvalue weighted by Crippen LogP contribution is -2.55. The molecule has 0 N–H and O–H groups in total. The molecular weight excluding hydrogens is 361 g/mol. The highest BCUT2D eigenvalue weighted by molar-refractivity contribution is 5.68. The predicted molar refractivity (Wildman–Crippen MR) is 102 cm³/mol. The molecule has 0 spiro atoms. The minimum Gasteiger partial charge on any atom is -0.444 e. The van der Waals surface area contributed by atoms with Gasteiger partial charge in [0.05, 0.1) is 11.7 Å². The third-order valence-corrected chi connectivity index (χ3v) is 5.34. The number of hydrogen-bond acceptors (Lipinski definition) is 5. The lowest BCUT2D eigenvalue weighted by atomic mass is 9.97. The summed E-state index contributed by atoms with van der Waals surface area (Å²) in [7, 11) is 0. The van der Waals surface area contributed by atoms with Gasteiger partial charge in [0.2, 0.25) is 0 Å². The van der Waals surface area contributed by atoms with Crippen molar-refractivity contribution < 1.29 is 18.7 Å². The van der Waals surface area contributed by atoms with Crippen molar-refractivity contribution in [2.24, 2.45) is 0 Å². The van der Waals surface area contributed by atoms with Gasteiger partial charge in [-0.1, -0.05) is 6.07 Å². The molecule has 2 fully saturated rings. The lowest BCUT2D eigenvalue weighted by Gasteiger charge is -2.41. The van der Waals surface area contributed by atoms with Crippen LogP contribution in [0.5, 0.6) is 0 Å². The number of nitriles is 1. The van der Waals surface area contributed by atoms with Crippen LogP contribution in [0.4, 0.5) is 9.18 Å². The molecule has 0 aromatic heterocycles. The van der Waals surface area contributed by atoms with Crippen molar-refractivity contribution >= 4 is 6.09 Å². The molecule has 2 atom stereocenters. The van der Waals surface area contributed by atoms with Crippen LogP contribution < -0.4 is 0 Å². The largest absolute Gasteiger partial charge is 0.444 e. The molecule has 2 saturated heterocycles. The van der Waals surface area contributed by atoms with Gasteiger partial charge in [-0.3, -0.25) is 4.90 Å². The number of piperazine rings is 1. The van der Waals surface area contributed by atoms with E-state index in [4.69, 9.17) is 9.47 Å². The molecular formula is C21H28FN3O3. The number of fused-ring (bicyclic) bond motifs is 1. The Morgan fingerprint density at radius 2 is 2.07 bits per heavy atom. The molecule has 2 aliphatic rings. The quantitative estimate of drug-likeness (QED) is 0.737. The van der Waals surface area contributed by atoms with Crippen LogP contribution in [0, 0.1) is 24.1 Å². The highest BCUT2D eigenvalue weighted by Gasteiger charge is 2.35. The van der Waals surface area contributed by atoms with Gasteiger partial charge in [-0.25, -0.2) is 9.18 Å². The number of ether oxygens (including phenoxy) is 2. The van der Waals surface area contributed by atoms with Crippen molar-refractivity contribution in [3.8, 4) is 6.07 Å². The van der Waals surface area contributed by atoms with E-state index in [9.17, 15) is 14.4 Å².